The highest BCUT2D eigenvalue weighted by Gasteiger charge is 2.19. The molecule has 1 unspecified atom stereocenters. The van der Waals surface area contributed by atoms with Crippen molar-refractivity contribution in [2.24, 2.45) is 0 Å². The first-order valence-electron chi connectivity index (χ1n) is 10.9. The Bertz CT molecular complexity index is 1190. The number of aromatic nitrogens is 4. The smallest absolute Gasteiger partial charge is 0.230 e. The van der Waals surface area contributed by atoms with Crippen molar-refractivity contribution < 1.29 is 4.79 Å². The van der Waals surface area contributed by atoms with Gasteiger partial charge in [0.25, 0.3) is 0 Å². The van der Waals surface area contributed by atoms with Crippen molar-refractivity contribution in [1.29, 1.82) is 0 Å². The van der Waals surface area contributed by atoms with E-state index in [1.807, 2.05) is 42.5 Å². The van der Waals surface area contributed by atoms with Crippen LogP contribution in [0.15, 0.2) is 72.0 Å². The molecule has 0 bridgehead atoms. The SMILES string of the molecule is CCC(C)n1c(SCC(=O)NCCc2cccc3cccnc23)nnc1-c1ccccc1. The number of benzene rings is 2. The lowest BCUT2D eigenvalue weighted by Crippen LogP contribution is -2.27. The predicted octanol–water partition coefficient (Wildman–Crippen LogP) is 4.92. The number of nitrogens with one attached hydrogen (secondary N) is 1. The average molecular weight is 446 g/mol. The van der Waals surface area contributed by atoms with Crippen molar-refractivity contribution in [2.45, 2.75) is 37.9 Å². The Labute approximate surface area is 192 Å². The number of rotatable bonds is 9. The number of carbonyl (C=O) groups excluding carboxylic acids is 1. The van der Waals surface area contributed by atoms with Crippen LogP contribution in [0, 0.1) is 0 Å². The molecule has 0 aliphatic heterocycles. The van der Waals surface area contributed by atoms with Crippen molar-refractivity contribution in [3.05, 3.63) is 72.4 Å². The van der Waals surface area contributed by atoms with E-state index in [0.29, 0.717) is 12.3 Å². The maximum Gasteiger partial charge on any atom is 0.230 e. The van der Waals surface area contributed by atoms with Crippen molar-refractivity contribution in [3.63, 3.8) is 0 Å². The summed E-state index contributed by atoms with van der Waals surface area (Å²) in [5, 5.41) is 13.7. The van der Waals surface area contributed by atoms with Gasteiger partial charge in [-0.05, 0) is 31.4 Å². The molecule has 1 atom stereocenters. The van der Waals surface area contributed by atoms with Gasteiger partial charge in [0.15, 0.2) is 11.0 Å². The van der Waals surface area contributed by atoms with E-state index in [9.17, 15) is 4.79 Å². The molecule has 0 spiro atoms. The summed E-state index contributed by atoms with van der Waals surface area (Å²) < 4.78 is 2.13. The van der Waals surface area contributed by atoms with Gasteiger partial charge in [0.1, 0.15) is 0 Å². The van der Waals surface area contributed by atoms with Gasteiger partial charge in [-0.15, -0.1) is 10.2 Å². The zero-order chi connectivity index (χ0) is 22.3. The molecule has 0 aliphatic carbocycles. The van der Waals surface area contributed by atoms with Gasteiger partial charge in [-0.2, -0.15) is 0 Å². The summed E-state index contributed by atoms with van der Waals surface area (Å²) in [6.07, 6.45) is 3.50. The van der Waals surface area contributed by atoms with Gasteiger partial charge in [0.2, 0.25) is 5.91 Å². The van der Waals surface area contributed by atoms with E-state index < -0.39 is 0 Å². The van der Waals surface area contributed by atoms with Gasteiger partial charge < -0.3 is 5.32 Å². The topological polar surface area (TPSA) is 72.7 Å². The minimum Gasteiger partial charge on any atom is -0.355 e. The summed E-state index contributed by atoms with van der Waals surface area (Å²) in [6, 6.07) is 20.4. The van der Waals surface area contributed by atoms with Crippen LogP contribution in [-0.2, 0) is 11.2 Å². The molecule has 164 valence electrons. The zero-order valence-electron chi connectivity index (χ0n) is 18.4. The number of para-hydroxylation sites is 1. The van der Waals surface area contributed by atoms with E-state index in [0.717, 1.165) is 45.9 Å². The van der Waals surface area contributed by atoms with Crippen molar-refractivity contribution in [1.82, 2.24) is 25.1 Å². The Hall–Kier alpha value is -3.19. The molecule has 4 aromatic rings. The lowest BCUT2D eigenvalue weighted by atomic mass is 10.1. The summed E-state index contributed by atoms with van der Waals surface area (Å²) in [5.41, 5.74) is 3.16. The fraction of sp³-hybridized carbons (Fsp3) is 0.280. The Balaban J connectivity index is 1.37. The number of pyridine rings is 1. The van der Waals surface area contributed by atoms with Crippen LogP contribution in [0.5, 0.6) is 0 Å². The van der Waals surface area contributed by atoms with Gasteiger partial charge in [-0.1, -0.05) is 73.3 Å². The Morgan fingerprint density at radius 3 is 2.69 bits per heavy atom. The van der Waals surface area contributed by atoms with Crippen LogP contribution in [0.1, 0.15) is 31.9 Å². The average Bonchev–Trinajstić information content (AvgIpc) is 3.27. The molecule has 32 heavy (non-hydrogen) atoms. The fourth-order valence-electron chi connectivity index (χ4n) is 3.63. The summed E-state index contributed by atoms with van der Waals surface area (Å²) in [6.45, 7) is 4.86. The number of hydrogen-bond acceptors (Lipinski definition) is 5. The normalized spacial score (nSPS) is 12.1. The molecule has 0 saturated carbocycles. The van der Waals surface area contributed by atoms with E-state index >= 15 is 0 Å². The quantitative estimate of drug-likeness (QED) is 0.370. The van der Waals surface area contributed by atoms with E-state index in [1.165, 1.54) is 11.8 Å². The first-order chi connectivity index (χ1) is 15.7. The van der Waals surface area contributed by atoms with E-state index in [-0.39, 0.29) is 11.9 Å². The third kappa shape index (κ3) is 4.99. The highest BCUT2D eigenvalue weighted by Crippen LogP contribution is 2.28. The van der Waals surface area contributed by atoms with E-state index in [2.05, 4.69) is 57.1 Å². The second-order valence-corrected chi connectivity index (χ2v) is 8.62. The summed E-state index contributed by atoms with van der Waals surface area (Å²) in [7, 11) is 0. The summed E-state index contributed by atoms with van der Waals surface area (Å²) >= 11 is 1.43. The Morgan fingerprint density at radius 1 is 1.06 bits per heavy atom. The number of nitrogens with zero attached hydrogens (tertiary/aromatic N) is 4. The zero-order valence-corrected chi connectivity index (χ0v) is 19.2. The molecular weight excluding hydrogens is 418 g/mol. The Kier molecular flexibility index (Phi) is 7.17. The van der Waals surface area contributed by atoms with Crippen LogP contribution in [-0.4, -0.2) is 38.0 Å². The van der Waals surface area contributed by atoms with Crippen LogP contribution >= 0.6 is 11.8 Å². The lowest BCUT2D eigenvalue weighted by molar-refractivity contribution is -0.118. The minimum atomic E-state index is -0.0110. The van der Waals surface area contributed by atoms with Crippen LogP contribution in [0.3, 0.4) is 0 Å². The predicted molar refractivity (Wildman–Crippen MR) is 130 cm³/mol. The fourth-order valence-corrected chi connectivity index (χ4v) is 4.49. The molecule has 2 heterocycles. The summed E-state index contributed by atoms with van der Waals surface area (Å²) in [5.74, 6) is 1.13. The molecular formula is C25H27N5OS. The molecule has 1 N–H and O–H groups in total. The van der Waals surface area contributed by atoms with Gasteiger partial charge in [0, 0.05) is 29.7 Å². The van der Waals surface area contributed by atoms with Crippen LogP contribution in [0.25, 0.3) is 22.3 Å². The van der Waals surface area contributed by atoms with Crippen molar-refractivity contribution in [3.8, 4) is 11.4 Å². The molecule has 4 rings (SSSR count). The molecule has 7 heteroatoms. The molecule has 0 aliphatic rings. The van der Waals surface area contributed by atoms with Gasteiger partial charge in [-0.25, -0.2) is 0 Å². The number of amides is 1. The third-order valence-electron chi connectivity index (χ3n) is 5.49. The summed E-state index contributed by atoms with van der Waals surface area (Å²) in [4.78, 5) is 17.0. The first-order valence-corrected chi connectivity index (χ1v) is 11.9. The maximum absolute atomic E-state index is 12.5. The first kappa shape index (κ1) is 22.0. The van der Waals surface area contributed by atoms with E-state index in [4.69, 9.17) is 0 Å². The second kappa shape index (κ2) is 10.4. The van der Waals surface area contributed by atoms with Gasteiger partial charge >= 0.3 is 0 Å². The monoisotopic (exact) mass is 445 g/mol. The third-order valence-corrected chi connectivity index (χ3v) is 6.44. The molecule has 0 fully saturated rings. The molecule has 6 nitrogen and oxygen atoms in total. The van der Waals surface area contributed by atoms with E-state index in [1.54, 1.807) is 6.20 Å². The molecule has 1 amide bonds. The molecule has 0 radical (unpaired) electrons. The second-order valence-electron chi connectivity index (χ2n) is 7.68. The minimum absolute atomic E-state index is 0.0110. The number of fused-ring (bicyclic) bond motifs is 1. The van der Waals surface area contributed by atoms with Gasteiger partial charge in [-0.3, -0.25) is 14.3 Å². The number of carbonyl (C=O) groups is 1. The highest BCUT2D eigenvalue weighted by molar-refractivity contribution is 7.99. The van der Waals surface area contributed by atoms with Crippen LogP contribution in [0.2, 0.25) is 0 Å². The molecule has 0 saturated heterocycles. The number of thioether (sulfide) groups is 1. The van der Waals surface area contributed by atoms with Crippen molar-refractivity contribution >= 4 is 28.6 Å². The standard InChI is InChI=1S/C25H27N5OS/c1-3-18(2)30-24(21-9-5-4-6-10-21)28-29-25(30)32-17-22(31)26-16-14-20-12-7-11-19-13-8-15-27-23(19)20/h4-13,15,18H,3,14,16-17H2,1-2H3,(H,26,31). The largest absolute Gasteiger partial charge is 0.355 e. The Morgan fingerprint density at radius 2 is 1.88 bits per heavy atom. The van der Waals surface area contributed by atoms with Crippen LogP contribution in [0.4, 0.5) is 0 Å². The van der Waals surface area contributed by atoms with Crippen molar-refractivity contribution in [2.75, 3.05) is 12.3 Å². The van der Waals surface area contributed by atoms with Crippen LogP contribution < -0.4 is 5.32 Å². The van der Waals surface area contributed by atoms with Gasteiger partial charge in [0.05, 0.1) is 11.3 Å². The lowest BCUT2D eigenvalue weighted by Gasteiger charge is -2.16. The molecule has 2 aromatic carbocycles. The highest BCUT2D eigenvalue weighted by atomic mass is 32.2. The maximum atomic E-state index is 12.5. The molecule has 2 aromatic heterocycles. The number of hydrogen-bond donors (Lipinski definition) is 1.